The summed E-state index contributed by atoms with van der Waals surface area (Å²) in [5.74, 6) is -1.37. The first-order valence-electron chi connectivity index (χ1n) is 13.0. The summed E-state index contributed by atoms with van der Waals surface area (Å²) in [6.45, 7) is 7.57. The topological polar surface area (TPSA) is 86.8 Å². The molecule has 1 atom stereocenters. The van der Waals surface area contributed by atoms with Crippen LogP contribution >= 0.6 is 0 Å². The second-order valence-electron chi connectivity index (χ2n) is 9.52. The largest absolute Gasteiger partial charge is 0.354 e. The molecule has 7 nitrogen and oxygen atoms in total. The van der Waals surface area contributed by atoms with Crippen LogP contribution in [0.25, 0.3) is 0 Å². The van der Waals surface area contributed by atoms with Gasteiger partial charge in [0.05, 0.1) is 10.6 Å². The number of nitrogens with one attached hydrogen (secondary N) is 1. The minimum atomic E-state index is -4.19. The number of hydrogen-bond donors (Lipinski definition) is 1. The van der Waals surface area contributed by atoms with E-state index in [9.17, 15) is 22.4 Å². The maximum Gasteiger partial charge on any atom is 0.264 e. The minimum absolute atomic E-state index is 0.00281. The molecule has 0 aliphatic heterocycles. The van der Waals surface area contributed by atoms with Gasteiger partial charge < -0.3 is 10.2 Å². The van der Waals surface area contributed by atoms with Crippen LogP contribution in [0.3, 0.4) is 0 Å². The van der Waals surface area contributed by atoms with Gasteiger partial charge in [-0.1, -0.05) is 61.4 Å². The van der Waals surface area contributed by atoms with E-state index in [-0.39, 0.29) is 23.0 Å². The smallest absolute Gasteiger partial charge is 0.264 e. The van der Waals surface area contributed by atoms with E-state index in [2.05, 4.69) is 5.32 Å². The fourth-order valence-electron chi connectivity index (χ4n) is 4.15. The lowest BCUT2D eigenvalue weighted by atomic mass is 10.1. The summed E-state index contributed by atoms with van der Waals surface area (Å²) in [5.41, 5.74) is 2.89. The van der Waals surface area contributed by atoms with Crippen molar-refractivity contribution in [3.8, 4) is 0 Å². The van der Waals surface area contributed by atoms with Crippen LogP contribution in [-0.4, -0.2) is 44.3 Å². The summed E-state index contributed by atoms with van der Waals surface area (Å²) >= 11 is 0. The fourth-order valence-corrected chi connectivity index (χ4v) is 5.56. The number of hydrogen-bond acceptors (Lipinski definition) is 4. The first kappa shape index (κ1) is 29.8. The summed E-state index contributed by atoms with van der Waals surface area (Å²) in [5, 5.41) is 2.86. The summed E-state index contributed by atoms with van der Waals surface area (Å²) in [6.07, 6.45) is 1.08. The quantitative estimate of drug-likeness (QED) is 0.343. The lowest BCUT2D eigenvalue weighted by Gasteiger charge is -2.33. The van der Waals surface area contributed by atoms with Gasteiger partial charge in [-0.25, -0.2) is 12.8 Å². The Morgan fingerprint density at radius 2 is 1.44 bits per heavy atom. The van der Waals surface area contributed by atoms with Crippen molar-refractivity contribution < 1.29 is 22.4 Å². The predicted molar refractivity (Wildman–Crippen MR) is 151 cm³/mol. The zero-order valence-corrected chi connectivity index (χ0v) is 23.7. The average molecular weight is 554 g/mol. The molecule has 0 saturated carbocycles. The van der Waals surface area contributed by atoms with Crippen molar-refractivity contribution in [3.05, 3.63) is 95.3 Å². The van der Waals surface area contributed by atoms with Crippen LogP contribution in [0.2, 0.25) is 0 Å². The van der Waals surface area contributed by atoms with Crippen molar-refractivity contribution in [2.45, 2.75) is 58.0 Å². The SMILES string of the molecule is CCCNC(=O)[C@@H](CC)N(Cc1ccc(C)cc1)C(=O)CN(c1ccc(F)cc1)S(=O)(=O)c1ccc(C)cc1. The fraction of sp³-hybridized carbons (Fsp3) is 0.333. The van der Waals surface area contributed by atoms with Gasteiger partial charge in [0.25, 0.3) is 10.0 Å². The molecule has 0 aliphatic rings. The van der Waals surface area contributed by atoms with E-state index in [4.69, 9.17) is 0 Å². The molecule has 0 aliphatic carbocycles. The average Bonchev–Trinajstić information content (AvgIpc) is 2.92. The maximum atomic E-state index is 13.9. The molecule has 0 bridgehead atoms. The van der Waals surface area contributed by atoms with Crippen LogP contribution in [0.5, 0.6) is 0 Å². The van der Waals surface area contributed by atoms with Gasteiger partial charge in [0, 0.05) is 13.1 Å². The molecule has 1 N–H and O–H groups in total. The summed E-state index contributed by atoms with van der Waals surface area (Å²) in [7, 11) is -4.19. The molecule has 3 aromatic rings. The highest BCUT2D eigenvalue weighted by molar-refractivity contribution is 7.92. The van der Waals surface area contributed by atoms with Crippen LogP contribution in [0.1, 0.15) is 43.4 Å². The van der Waals surface area contributed by atoms with Crippen LogP contribution in [0, 0.1) is 19.7 Å². The number of amides is 2. The number of anilines is 1. The number of nitrogens with zero attached hydrogens (tertiary/aromatic N) is 2. The van der Waals surface area contributed by atoms with Gasteiger partial charge in [-0.3, -0.25) is 13.9 Å². The standard InChI is InChI=1S/C30H36FN3O4S/c1-5-19-32-30(36)28(6-2)33(20-24-11-7-22(3)8-12-24)29(35)21-34(26-15-13-25(31)14-16-26)39(37,38)27-17-9-23(4)10-18-27/h7-18,28H,5-6,19-21H2,1-4H3,(H,32,36)/t28-/m1/s1. The molecule has 0 saturated heterocycles. The monoisotopic (exact) mass is 553 g/mol. The highest BCUT2D eigenvalue weighted by atomic mass is 32.2. The van der Waals surface area contributed by atoms with E-state index < -0.39 is 34.3 Å². The van der Waals surface area contributed by atoms with Crippen molar-refractivity contribution in [1.29, 1.82) is 0 Å². The molecule has 0 heterocycles. The van der Waals surface area contributed by atoms with Gasteiger partial charge in [0.1, 0.15) is 18.4 Å². The number of carbonyl (C=O) groups is 2. The molecule has 3 aromatic carbocycles. The third-order valence-electron chi connectivity index (χ3n) is 6.41. The Bertz CT molecular complexity index is 1360. The lowest BCUT2D eigenvalue weighted by Crippen LogP contribution is -2.52. The van der Waals surface area contributed by atoms with Crippen LogP contribution in [0.4, 0.5) is 10.1 Å². The van der Waals surface area contributed by atoms with E-state index >= 15 is 0 Å². The predicted octanol–water partition coefficient (Wildman–Crippen LogP) is 4.97. The summed E-state index contributed by atoms with van der Waals surface area (Å²) in [6, 6.07) is 18.0. The molecule has 3 rings (SSSR count). The molecule has 39 heavy (non-hydrogen) atoms. The number of halogens is 1. The molecular formula is C30H36FN3O4S. The summed E-state index contributed by atoms with van der Waals surface area (Å²) < 4.78 is 42.3. The van der Waals surface area contributed by atoms with Gasteiger partial charge in [0.15, 0.2) is 0 Å². The number of sulfonamides is 1. The lowest BCUT2D eigenvalue weighted by molar-refractivity contribution is -0.140. The number of carbonyl (C=O) groups excluding carboxylic acids is 2. The number of aryl methyl sites for hydroxylation is 2. The maximum absolute atomic E-state index is 13.9. The number of rotatable bonds is 12. The molecule has 0 radical (unpaired) electrons. The molecule has 0 aromatic heterocycles. The Hall–Kier alpha value is -3.72. The highest BCUT2D eigenvalue weighted by Crippen LogP contribution is 2.25. The molecule has 0 fully saturated rings. The van der Waals surface area contributed by atoms with Gasteiger partial charge >= 0.3 is 0 Å². The first-order chi connectivity index (χ1) is 18.6. The zero-order valence-electron chi connectivity index (χ0n) is 22.9. The van der Waals surface area contributed by atoms with Crippen LogP contribution in [-0.2, 0) is 26.2 Å². The van der Waals surface area contributed by atoms with E-state index in [0.717, 1.165) is 39.5 Å². The van der Waals surface area contributed by atoms with Crippen molar-refractivity contribution in [2.24, 2.45) is 0 Å². The van der Waals surface area contributed by atoms with Gasteiger partial charge in [-0.2, -0.15) is 0 Å². The highest BCUT2D eigenvalue weighted by Gasteiger charge is 2.33. The van der Waals surface area contributed by atoms with Gasteiger partial charge in [0.2, 0.25) is 11.8 Å². The molecule has 208 valence electrons. The third-order valence-corrected chi connectivity index (χ3v) is 8.20. The van der Waals surface area contributed by atoms with Crippen LogP contribution < -0.4 is 9.62 Å². The Morgan fingerprint density at radius 3 is 1.97 bits per heavy atom. The van der Waals surface area contributed by atoms with E-state index in [0.29, 0.717) is 13.0 Å². The van der Waals surface area contributed by atoms with E-state index in [1.165, 1.54) is 29.2 Å². The second-order valence-corrected chi connectivity index (χ2v) is 11.4. The first-order valence-corrected chi connectivity index (χ1v) is 14.5. The van der Waals surface area contributed by atoms with Gasteiger partial charge in [-0.15, -0.1) is 0 Å². The second kappa shape index (κ2) is 13.4. The Kier molecular flexibility index (Phi) is 10.2. The zero-order chi connectivity index (χ0) is 28.6. The Labute approximate surface area is 230 Å². The molecule has 0 unspecified atom stereocenters. The number of benzene rings is 3. The van der Waals surface area contributed by atoms with E-state index in [1.807, 2.05) is 52.0 Å². The van der Waals surface area contributed by atoms with Crippen LogP contribution in [0.15, 0.2) is 77.7 Å². The molecule has 2 amide bonds. The Morgan fingerprint density at radius 1 is 0.872 bits per heavy atom. The van der Waals surface area contributed by atoms with Crippen molar-refractivity contribution in [1.82, 2.24) is 10.2 Å². The van der Waals surface area contributed by atoms with Crippen molar-refractivity contribution >= 4 is 27.5 Å². The van der Waals surface area contributed by atoms with E-state index in [1.54, 1.807) is 12.1 Å². The third kappa shape index (κ3) is 7.66. The molecule has 0 spiro atoms. The van der Waals surface area contributed by atoms with Crippen molar-refractivity contribution in [3.63, 3.8) is 0 Å². The molecule has 9 heteroatoms. The molecular weight excluding hydrogens is 517 g/mol. The van der Waals surface area contributed by atoms with Crippen molar-refractivity contribution in [2.75, 3.05) is 17.4 Å². The minimum Gasteiger partial charge on any atom is -0.354 e. The van der Waals surface area contributed by atoms with Gasteiger partial charge in [-0.05, 0) is 68.7 Å². The normalized spacial score (nSPS) is 12.0. The summed E-state index contributed by atoms with van der Waals surface area (Å²) in [4.78, 5) is 28.5. The Balaban J connectivity index is 2.03.